The number of benzene rings is 3. The van der Waals surface area contributed by atoms with Crippen LogP contribution >= 0.6 is 0 Å². The van der Waals surface area contributed by atoms with Gasteiger partial charge in [0.15, 0.2) is 0 Å². The Balaban J connectivity index is 1.16. The standard InChI is InChI=1S/C30H33N3O3/c34-18-15-27-20-31(29(35)25-9-5-2-6-10-25)16-17-33(27)28-21-32(22-28)30(36)26-13-11-24(12-14-26)19-23-7-3-1-4-8-23/h1-14,27-28,34H,15-22H2. The van der Waals surface area contributed by atoms with Crippen molar-refractivity contribution in [1.82, 2.24) is 14.7 Å². The summed E-state index contributed by atoms with van der Waals surface area (Å²) in [4.78, 5) is 32.1. The Labute approximate surface area is 212 Å². The second kappa shape index (κ2) is 11.1. The van der Waals surface area contributed by atoms with Gasteiger partial charge in [-0.25, -0.2) is 0 Å². The van der Waals surface area contributed by atoms with Crippen LogP contribution in [-0.4, -0.2) is 83.0 Å². The lowest BCUT2D eigenvalue weighted by Crippen LogP contribution is -2.67. The lowest BCUT2D eigenvalue weighted by molar-refractivity contribution is -0.0232. The van der Waals surface area contributed by atoms with Crippen LogP contribution in [0.5, 0.6) is 0 Å². The summed E-state index contributed by atoms with van der Waals surface area (Å²) in [6.45, 7) is 3.45. The van der Waals surface area contributed by atoms with Gasteiger partial charge in [-0.1, -0.05) is 60.7 Å². The number of rotatable bonds is 7. The van der Waals surface area contributed by atoms with Gasteiger partial charge in [-0.05, 0) is 48.2 Å². The number of likely N-dealkylation sites (tertiary alicyclic amines) is 1. The normalized spacial score (nSPS) is 18.6. The molecule has 1 atom stereocenters. The molecule has 3 aromatic carbocycles. The molecule has 0 aliphatic carbocycles. The van der Waals surface area contributed by atoms with Crippen LogP contribution in [0.3, 0.4) is 0 Å². The number of hydrogen-bond acceptors (Lipinski definition) is 4. The van der Waals surface area contributed by atoms with Gasteiger partial charge in [0.2, 0.25) is 0 Å². The molecule has 6 nitrogen and oxygen atoms in total. The number of aliphatic hydroxyl groups is 1. The number of nitrogens with zero attached hydrogens (tertiary/aromatic N) is 3. The van der Waals surface area contributed by atoms with Gasteiger partial charge in [0.1, 0.15) is 0 Å². The summed E-state index contributed by atoms with van der Waals surface area (Å²) in [5.74, 6) is 0.105. The zero-order chi connectivity index (χ0) is 24.9. The molecular formula is C30H33N3O3. The van der Waals surface area contributed by atoms with Gasteiger partial charge in [0.05, 0.1) is 0 Å². The molecule has 2 amide bonds. The number of aliphatic hydroxyl groups excluding tert-OH is 1. The second-order valence-corrected chi connectivity index (χ2v) is 9.74. The van der Waals surface area contributed by atoms with Crippen LogP contribution in [0.25, 0.3) is 0 Å². The third-order valence-electron chi connectivity index (χ3n) is 7.37. The minimum Gasteiger partial charge on any atom is -0.396 e. The van der Waals surface area contributed by atoms with E-state index in [1.54, 1.807) is 0 Å². The minimum absolute atomic E-state index is 0.0410. The molecule has 2 heterocycles. The maximum Gasteiger partial charge on any atom is 0.253 e. The lowest BCUT2D eigenvalue weighted by Gasteiger charge is -2.51. The molecule has 0 spiro atoms. The minimum atomic E-state index is 0.0410. The van der Waals surface area contributed by atoms with Gasteiger partial charge in [-0.3, -0.25) is 14.5 Å². The van der Waals surface area contributed by atoms with Crippen molar-refractivity contribution < 1.29 is 14.7 Å². The van der Waals surface area contributed by atoms with Crippen LogP contribution in [0.2, 0.25) is 0 Å². The highest BCUT2D eigenvalue weighted by molar-refractivity contribution is 5.95. The zero-order valence-corrected chi connectivity index (χ0v) is 20.5. The lowest BCUT2D eigenvalue weighted by atomic mass is 9.98. The van der Waals surface area contributed by atoms with Crippen LogP contribution in [0, 0.1) is 0 Å². The van der Waals surface area contributed by atoms with E-state index in [2.05, 4.69) is 17.0 Å². The van der Waals surface area contributed by atoms with Gasteiger partial charge >= 0.3 is 0 Å². The highest BCUT2D eigenvalue weighted by Crippen LogP contribution is 2.25. The molecule has 0 bridgehead atoms. The summed E-state index contributed by atoms with van der Waals surface area (Å²) in [6.07, 6.45) is 1.47. The molecule has 0 saturated carbocycles. The monoisotopic (exact) mass is 483 g/mol. The van der Waals surface area contributed by atoms with Gasteiger partial charge in [-0.15, -0.1) is 0 Å². The molecular weight excluding hydrogens is 450 g/mol. The Morgan fingerprint density at radius 1 is 0.694 bits per heavy atom. The summed E-state index contributed by atoms with van der Waals surface area (Å²) in [5.41, 5.74) is 3.86. The highest BCUT2D eigenvalue weighted by atomic mass is 16.3. The summed E-state index contributed by atoms with van der Waals surface area (Å²) in [5, 5.41) is 9.66. The van der Waals surface area contributed by atoms with Gasteiger partial charge in [-0.2, -0.15) is 0 Å². The zero-order valence-electron chi connectivity index (χ0n) is 20.5. The van der Waals surface area contributed by atoms with Crippen molar-refractivity contribution in [2.24, 2.45) is 0 Å². The molecule has 186 valence electrons. The molecule has 2 aliphatic rings. The maximum absolute atomic E-state index is 13.0. The predicted molar refractivity (Wildman–Crippen MR) is 140 cm³/mol. The van der Waals surface area contributed by atoms with Gasteiger partial charge in [0.25, 0.3) is 11.8 Å². The molecule has 0 radical (unpaired) electrons. The molecule has 2 saturated heterocycles. The summed E-state index contributed by atoms with van der Waals surface area (Å²) in [6, 6.07) is 28.0. The fraction of sp³-hybridized carbons (Fsp3) is 0.333. The molecule has 3 aromatic rings. The number of hydrogen-bond donors (Lipinski definition) is 1. The van der Waals surface area contributed by atoms with E-state index in [4.69, 9.17) is 0 Å². The molecule has 0 aromatic heterocycles. The van der Waals surface area contributed by atoms with E-state index < -0.39 is 0 Å². The van der Waals surface area contributed by atoms with Crippen molar-refractivity contribution in [2.75, 3.05) is 39.3 Å². The SMILES string of the molecule is O=C(c1ccccc1)N1CCN(C2CN(C(=O)c3ccc(Cc4ccccc4)cc3)C2)C(CCO)C1. The van der Waals surface area contributed by atoms with Crippen molar-refractivity contribution >= 4 is 11.8 Å². The van der Waals surface area contributed by atoms with Crippen molar-refractivity contribution in [3.63, 3.8) is 0 Å². The Hall–Kier alpha value is -3.48. The Kier molecular flexibility index (Phi) is 7.44. The topological polar surface area (TPSA) is 64.1 Å². The van der Waals surface area contributed by atoms with Crippen molar-refractivity contribution in [3.8, 4) is 0 Å². The average Bonchev–Trinajstić information content (AvgIpc) is 2.90. The first-order valence-electron chi connectivity index (χ1n) is 12.8. The molecule has 2 fully saturated rings. The Morgan fingerprint density at radius 3 is 1.94 bits per heavy atom. The Bertz CT molecular complexity index is 1160. The fourth-order valence-corrected chi connectivity index (χ4v) is 5.31. The van der Waals surface area contributed by atoms with Crippen LogP contribution < -0.4 is 0 Å². The van der Waals surface area contributed by atoms with Crippen LogP contribution in [0.4, 0.5) is 0 Å². The largest absolute Gasteiger partial charge is 0.396 e. The third-order valence-corrected chi connectivity index (χ3v) is 7.37. The van der Waals surface area contributed by atoms with E-state index in [0.717, 1.165) is 18.5 Å². The molecule has 2 aliphatic heterocycles. The number of piperazine rings is 1. The van der Waals surface area contributed by atoms with Crippen molar-refractivity contribution in [1.29, 1.82) is 0 Å². The molecule has 36 heavy (non-hydrogen) atoms. The Morgan fingerprint density at radius 2 is 1.28 bits per heavy atom. The smallest absolute Gasteiger partial charge is 0.253 e. The first-order valence-corrected chi connectivity index (χ1v) is 12.8. The summed E-state index contributed by atoms with van der Waals surface area (Å²) >= 11 is 0. The van der Waals surface area contributed by atoms with Crippen molar-refractivity contribution in [2.45, 2.75) is 24.9 Å². The third kappa shape index (κ3) is 5.35. The van der Waals surface area contributed by atoms with Crippen molar-refractivity contribution in [3.05, 3.63) is 107 Å². The van der Waals surface area contributed by atoms with E-state index in [1.807, 2.05) is 82.6 Å². The first-order chi connectivity index (χ1) is 17.6. The molecule has 6 heteroatoms. The first kappa shape index (κ1) is 24.2. The summed E-state index contributed by atoms with van der Waals surface area (Å²) < 4.78 is 0. The number of carbonyl (C=O) groups excluding carboxylic acids is 2. The number of amides is 2. The second-order valence-electron chi connectivity index (χ2n) is 9.74. The quantitative estimate of drug-likeness (QED) is 0.560. The fourth-order valence-electron chi connectivity index (χ4n) is 5.31. The number of carbonyl (C=O) groups is 2. The molecule has 5 rings (SSSR count). The van der Waals surface area contributed by atoms with E-state index in [1.165, 1.54) is 11.1 Å². The van der Waals surface area contributed by atoms with E-state index in [9.17, 15) is 14.7 Å². The van der Waals surface area contributed by atoms with Gasteiger partial charge < -0.3 is 14.9 Å². The maximum atomic E-state index is 13.0. The van der Waals surface area contributed by atoms with E-state index in [-0.39, 0.29) is 30.5 Å². The highest BCUT2D eigenvalue weighted by Gasteiger charge is 2.40. The van der Waals surface area contributed by atoms with E-state index in [0.29, 0.717) is 38.2 Å². The molecule has 1 N–H and O–H groups in total. The van der Waals surface area contributed by atoms with Crippen LogP contribution in [0.1, 0.15) is 38.3 Å². The van der Waals surface area contributed by atoms with E-state index >= 15 is 0 Å². The molecule has 1 unspecified atom stereocenters. The van der Waals surface area contributed by atoms with Crippen LogP contribution in [0.15, 0.2) is 84.9 Å². The van der Waals surface area contributed by atoms with Crippen LogP contribution in [-0.2, 0) is 6.42 Å². The average molecular weight is 484 g/mol. The van der Waals surface area contributed by atoms with Gasteiger partial charge in [0, 0.05) is 62.5 Å². The summed E-state index contributed by atoms with van der Waals surface area (Å²) in [7, 11) is 0. The predicted octanol–water partition coefficient (Wildman–Crippen LogP) is 3.31.